The first kappa shape index (κ1) is 17.8. The van der Waals surface area contributed by atoms with Gasteiger partial charge < -0.3 is 5.32 Å². The lowest BCUT2D eigenvalue weighted by molar-refractivity contribution is -0.111. The first-order chi connectivity index (χ1) is 12.4. The average Bonchev–Trinajstić information content (AvgIpc) is 2.90. The van der Waals surface area contributed by atoms with Crippen molar-refractivity contribution in [3.05, 3.63) is 76.5 Å². The molecule has 0 spiro atoms. The zero-order valence-corrected chi connectivity index (χ0v) is 15.0. The number of pyridine rings is 1. The van der Waals surface area contributed by atoms with E-state index in [1.54, 1.807) is 35.0 Å². The van der Waals surface area contributed by atoms with Crippen LogP contribution in [0.3, 0.4) is 0 Å². The Bertz CT molecular complexity index is 962. The third-order valence-corrected chi connectivity index (χ3v) is 4.02. The van der Waals surface area contributed by atoms with Gasteiger partial charge in [0.1, 0.15) is 11.6 Å². The molecule has 0 aliphatic heterocycles. The molecule has 2 heterocycles. The Kier molecular flexibility index (Phi) is 5.14. The van der Waals surface area contributed by atoms with Gasteiger partial charge in [0.25, 0.3) is 0 Å². The molecule has 0 aliphatic rings. The van der Waals surface area contributed by atoms with Gasteiger partial charge >= 0.3 is 0 Å². The van der Waals surface area contributed by atoms with Crippen LogP contribution < -0.4 is 5.32 Å². The number of anilines is 1. The highest BCUT2D eigenvalue weighted by Crippen LogP contribution is 2.19. The van der Waals surface area contributed by atoms with Gasteiger partial charge in [0.2, 0.25) is 5.91 Å². The molecule has 0 unspecified atom stereocenters. The molecule has 132 valence electrons. The van der Waals surface area contributed by atoms with Crippen LogP contribution in [0, 0.1) is 19.7 Å². The van der Waals surface area contributed by atoms with Crippen molar-refractivity contribution in [2.45, 2.75) is 13.8 Å². The molecule has 0 aliphatic carbocycles. The molecule has 2 aromatic heterocycles. The Morgan fingerprint density at radius 1 is 1.19 bits per heavy atom. The highest BCUT2D eigenvalue weighted by molar-refractivity contribution is 6.30. The van der Waals surface area contributed by atoms with Crippen LogP contribution in [0.4, 0.5) is 10.2 Å². The second-order valence-electron chi connectivity index (χ2n) is 5.66. The smallest absolute Gasteiger partial charge is 0.249 e. The minimum atomic E-state index is -0.312. The summed E-state index contributed by atoms with van der Waals surface area (Å²) in [4.78, 5) is 16.1. The molecule has 0 radical (unpaired) electrons. The fourth-order valence-corrected chi connectivity index (χ4v) is 2.62. The second-order valence-corrected chi connectivity index (χ2v) is 6.09. The fraction of sp³-hybridized carbons (Fsp3) is 0.105. The topological polar surface area (TPSA) is 59.8 Å². The molecule has 0 bridgehead atoms. The van der Waals surface area contributed by atoms with Gasteiger partial charge in [0.05, 0.1) is 16.4 Å². The van der Waals surface area contributed by atoms with Gasteiger partial charge in [0, 0.05) is 23.5 Å². The summed E-state index contributed by atoms with van der Waals surface area (Å²) in [7, 11) is 0. The van der Waals surface area contributed by atoms with E-state index >= 15 is 0 Å². The van der Waals surface area contributed by atoms with Crippen molar-refractivity contribution in [1.29, 1.82) is 0 Å². The maximum Gasteiger partial charge on any atom is 0.249 e. The average molecular weight is 371 g/mol. The second kappa shape index (κ2) is 7.49. The quantitative estimate of drug-likeness (QED) is 0.695. The van der Waals surface area contributed by atoms with Crippen molar-refractivity contribution in [1.82, 2.24) is 14.8 Å². The van der Waals surface area contributed by atoms with Crippen LogP contribution >= 0.6 is 11.6 Å². The number of amides is 1. The van der Waals surface area contributed by atoms with E-state index in [4.69, 9.17) is 11.6 Å². The Labute approximate surface area is 155 Å². The molecule has 1 aromatic carbocycles. The van der Waals surface area contributed by atoms with Crippen LogP contribution in [-0.2, 0) is 4.79 Å². The molecule has 5 nitrogen and oxygen atoms in total. The summed E-state index contributed by atoms with van der Waals surface area (Å²) in [6, 6.07) is 9.34. The summed E-state index contributed by atoms with van der Waals surface area (Å²) < 4.78 is 14.8. The van der Waals surface area contributed by atoms with E-state index in [0.29, 0.717) is 10.8 Å². The van der Waals surface area contributed by atoms with Crippen molar-refractivity contribution in [3.63, 3.8) is 0 Å². The molecule has 7 heteroatoms. The largest absolute Gasteiger partial charge is 0.307 e. The zero-order valence-electron chi connectivity index (χ0n) is 14.2. The number of rotatable bonds is 4. The number of halogens is 2. The normalized spacial score (nSPS) is 11.1. The van der Waals surface area contributed by atoms with Gasteiger partial charge in [-0.2, -0.15) is 5.10 Å². The van der Waals surface area contributed by atoms with Gasteiger partial charge in [-0.05, 0) is 56.3 Å². The van der Waals surface area contributed by atoms with Crippen molar-refractivity contribution in [2.24, 2.45) is 0 Å². The van der Waals surface area contributed by atoms with Crippen LogP contribution in [0.1, 0.15) is 17.0 Å². The Hall–Kier alpha value is -2.99. The maximum absolute atomic E-state index is 13.1. The number of carbonyl (C=O) groups is 1. The predicted octanol–water partition coefficient (Wildman–Crippen LogP) is 4.33. The lowest BCUT2D eigenvalue weighted by Crippen LogP contribution is -2.08. The molecule has 0 fully saturated rings. The zero-order chi connectivity index (χ0) is 18.7. The van der Waals surface area contributed by atoms with Crippen LogP contribution in [0.2, 0.25) is 5.02 Å². The number of hydrogen-bond donors (Lipinski definition) is 1. The third-order valence-electron chi connectivity index (χ3n) is 3.80. The van der Waals surface area contributed by atoms with Crippen LogP contribution in [-0.4, -0.2) is 20.7 Å². The number of nitrogens with one attached hydrogen (secondary N) is 1. The minimum absolute atomic E-state index is 0.303. The van der Waals surface area contributed by atoms with E-state index in [0.717, 1.165) is 22.6 Å². The van der Waals surface area contributed by atoms with Gasteiger partial charge in [-0.1, -0.05) is 11.6 Å². The van der Waals surface area contributed by atoms with Crippen molar-refractivity contribution in [2.75, 3.05) is 5.32 Å². The summed E-state index contributed by atoms with van der Waals surface area (Å²) in [5.74, 6) is -0.199. The van der Waals surface area contributed by atoms with Crippen LogP contribution in [0.5, 0.6) is 0 Å². The fourth-order valence-electron chi connectivity index (χ4n) is 2.51. The predicted molar refractivity (Wildman–Crippen MR) is 99.9 cm³/mol. The van der Waals surface area contributed by atoms with E-state index in [9.17, 15) is 9.18 Å². The molecule has 1 N–H and O–H groups in total. The number of carbonyl (C=O) groups excluding carboxylic acids is 1. The molecular weight excluding hydrogens is 355 g/mol. The summed E-state index contributed by atoms with van der Waals surface area (Å²) in [6.07, 6.45) is 4.58. The SMILES string of the molecule is Cc1nn(-c2ccc(F)cc2)c(C)c1/C=C/C(=O)Nc1ccc(Cl)cn1. The van der Waals surface area contributed by atoms with Crippen molar-refractivity contribution >= 4 is 29.4 Å². The highest BCUT2D eigenvalue weighted by Gasteiger charge is 2.11. The Morgan fingerprint density at radius 2 is 1.92 bits per heavy atom. The molecule has 26 heavy (non-hydrogen) atoms. The number of aryl methyl sites for hydroxylation is 1. The summed E-state index contributed by atoms with van der Waals surface area (Å²) in [6.45, 7) is 3.74. The molecule has 0 atom stereocenters. The lowest BCUT2D eigenvalue weighted by Gasteiger charge is -2.04. The third kappa shape index (κ3) is 3.97. The first-order valence-electron chi connectivity index (χ1n) is 7.87. The molecule has 0 saturated heterocycles. The van der Waals surface area contributed by atoms with Crippen LogP contribution in [0.15, 0.2) is 48.7 Å². The number of aromatic nitrogens is 3. The van der Waals surface area contributed by atoms with E-state index < -0.39 is 0 Å². The Balaban J connectivity index is 1.79. The number of nitrogens with zero attached hydrogens (tertiary/aromatic N) is 3. The lowest BCUT2D eigenvalue weighted by atomic mass is 10.2. The minimum Gasteiger partial charge on any atom is -0.307 e. The number of hydrogen-bond acceptors (Lipinski definition) is 3. The summed E-state index contributed by atoms with van der Waals surface area (Å²) in [5.41, 5.74) is 3.19. The monoisotopic (exact) mass is 370 g/mol. The highest BCUT2D eigenvalue weighted by atomic mass is 35.5. The van der Waals surface area contributed by atoms with Crippen molar-refractivity contribution < 1.29 is 9.18 Å². The van der Waals surface area contributed by atoms with E-state index in [-0.39, 0.29) is 11.7 Å². The summed E-state index contributed by atoms with van der Waals surface area (Å²) in [5, 5.41) is 7.62. The van der Waals surface area contributed by atoms with Gasteiger partial charge in [-0.25, -0.2) is 14.1 Å². The van der Waals surface area contributed by atoms with E-state index in [1.165, 1.54) is 24.4 Å². The summed E-state index contributed by atoms with van der Waals surface area (Å²) >= 11 is 5.77. The molecule has 1 amide bonds. The molecule has 0 saturated carbocycles. The standard InChI is InChI=1S/C19H16ClFN4O/c1-12-17(8-10-19(26)23-18-9-3-14(20)11-22-18)13(2)25(24-12)16-6-4-15(21)5-7-16/h3-11H,1-2H3,(H,22,23,26)/b10-8+. The van der Waals surface area contributed by atoms with E-state index in [2.05, 4.69) is 15.4 Å². The molecule has 3 rings (SSSR count). The van der Waals surface area contributed by atoms with Gasteiger partial charge in [-0.3, -0.25) is 4.79 Å². The molecular formula is C19H16ClFN4O. The first-order valence-corrected chi connectivity index (χ1v) is 8.24. The van der Waals surface area contributed by atoms with Gasteiger partial charge in [0.15, 0.2) is 0 Å². The van der Waals surface area contributed by atoms with Crippen LogP contribution in [0.25, 0.3) is 11.8 Å². The maximum atomic E-state index is 13.1. The van der Waals surface area contributed by atoms with Crippen molar-refractivity contribution in [3.8, 4) is 5.69 Å². The van der Waals surface area contributed by atoms with Gasteiger partial charge in [-0.15, -0.1) is 0 Å². The van der Waals surface area contributed by atoms with E-state index in [1.807, 2.05) is 13.8 Å². The molecule has 3 aromatic rings. The number of benzene rings is 1. The Morgan fingerprint density at radius 3 is 2.58 bits per heavy atom.